The fourth-order valence-corrected chi connectivity index (χ4v) is 1.23. The van der Waals surface area contributed by atoms with Gasteiger partial charge < -0.3 is 10.1 Å². The van der Waals surface area contributed by atoms with Crippen LogP contribution in [-0.4, -0.2) is 18.2 Å². The molecule has 1 N–H and O–H groups in total. The Morgan fingerprint density at radius 3 is 2.47 bits per heavy atom. The van der Waals surface area contributed by atoms with Gasteiger partial charge in [0.05, 0.1) is 0 Å². The number of amides is 1. The molecule has 3 nitrogen and oxygen atoms in total. The number of ketones is 1. The Morgan fingerprint density at radius 1 is 1.20 bits per heavy atom. The Labute approximate surface area is 89.5 Å². The molecule has 1 amide bonds. The minimum absolute atomic E-state index is 0.0841. The summed E-state index contributed by atoms with van der Waals surface area (Å²) in [5, 5.41) is 2.76. The largest absolute Gasteiger partial charge is 0.352 e. The second-order valence-corrected chi connectivity index (χ2v) is 3.43. The number of nitrogens with one attached hydrogen (secondary N) is 1. The minimum atomic E-state index is -0.0841. The third kappa shape index (κ3) is 4.40. The average molecular weight is 205 g/mol. The van der Waals surface area contributed by atoms with Gasteiger partial charge in [0.1, 0.15) is 5.78 Å². The molecule has 0 aromatic heterocycles. The quantitative estimate of drug-likeness (QED) is 0.745. The fourth-order valence-electron chi connectivity index (χ4n) is 1.23. The predicted molar refractivity (Wildman–Crippen MR) is 58.7 cm³/mol. The summed E-state index contributed by atoms with van der Waals surface area (Å²) in [4.78, 5) is 22.1. The summed E-state index contributed by atoms with van der Waals surface area (Å²) in [5.74, 6) is 0.0723. The van der Waals surface area contributed by atoms with Gasteiger partial charge in [-0.15, -0.1) is 0 Å². The van der Waals surface area contributed by atoms with Gasteiger partial charge in [-0.3, -0.25) is 4.79 Å². The molecular formula is C12H15NO2. The maximum Gasteiger partial charge on any atom is 0.251 e. The van der Waals surface area contributed by atoms with Crippen molar-refractivity contribution >= 4 is 11.7 Å². The molecule has 1 rings (SSSR count). The Bertz CT molecular complexity index is 333. The molecule has 1 aromatic carbocycles. The Balaban J connectivity index is 2.28. The molecule has 0 radical (unpaired) electrons. The molecule has 0 saturated carbocycles. The highest BCUT2D eigenvalue weighted by molar-refractivity contribution is 5.94. The van der Waals surface area contributed by atoms with Crippen molar-refractivity contribution < 1.29 is 9.59 Å². The van der Waals surface area contributed by atoms with E-state index in [1.807, 2.05) is 18.2 Å². The lowest BCUT2D eigenvalue weighted by Gasteiger charge is -2.03. The number of benzene rings is 1. The topological polar surface area (TPSA) is 46.2 Å². The van der Waals surface area contributed by atoms with Gasteiger partial charge in [0.25, 0.3) is 5.91 Å². The maximum absolute atomic E-state index is 11.5. The van der Waals surface area contributed by atoms with E-state index in [-0.39, 0.29) is 11.7 Å². The molecule has 0 aliphatic rings. The van der Waals surface area contributed by atoms with Crippen LogP contribution in [0.4, 0.5) is 0 Å². The highest BCUT2D eigenvalue weighted by Gasteiger charge is 2.02. The molecule has 80 valence electrons. The van der Waals surface area contributed by atoms with E-state index in [0.717, 1.165) is 0 Å². The molecular weight excluding hydrogens is 190 g/mol. The van der Waals surface area contributed by atoms with Crippen molar-refractivity contribution in [1.82, 2.24) is 5.32 Å². The zero-order valence-corrected chi connectivity index (χ0v) is 8.82. The molecule has 0 bridgehead atoms. The van der Waals surface area contributed by atoms with Crippen LogP contribution in [0.1, 0.15) is 30.1 Å². The molecule has 3 heteroatoms. The van der Waals surface area contributed by atoms with Crippen molar-refractivity contribution in [2.75, 3.05) is 6.54 Å². The summed E-state index contributed by atoms with van der Waals surface area (Å²) in [6, 6.07) is 9.04. The van der Waals surface area contributed by atoms with E-state index in [1.165, 1.54) is 0 Å². The lowest BCUT2D eigenvalue weighted by molar-refractivity contribution is -0.117. The van der Waals surface area contributed by atoms with Crippen molar-refractivity contribution in [2.45, 2.75) is 19.8 Å². The Kier molecular flexibility index (Phi) is 4.54. The summed E-state index contributed by atoms with van der Waals surface area (Å²) in [6.45, 7) is 2.10. The van der Waals surface area contributed by atoms with Gasteiger partial charge in [0.2, 0.25) is 0 Å². The van der Waals surface area contributed by atoms with Crippen LogP contribution in [-0.2, 0) is 4.79 Å². The molecule has 0 spiro atoms. The van der Waals surface area contributed by atoms with Crippen molar-refractivity contribution in [3.05, 3.63) is 35.9 Å². The van der Waals surface area contributed by atoms with Gasteiger partial charge in [-0.2, -0.15) is 0 Å². The van der Waals surface area contributed by atoms with Gasteiger partial charge in [0.15, 0.2) is 0 Å². The predicted octanol–water partition coefficient (Wildman–Crippen LogP) is 1.79. The minimum Gasteiger partial charge on any atom is -0.352 e. The maximum atomic E-state index is 11.5. The number of hydrogen-bond donors (Lipinski definition) is 1. The lowest BCUT2D eigenvalue weighted by atomic mass is 10.2. The Morgan fingerprint density at radius 2 is 1.87 bits per heavy atom. The number of Topliss-reactive ketones (excluding diaryl/α,β-unsaturated/α-hetero) is 1. The van der Waals surface area contributed by atoms with Crippen LogP contribution >= 0.6 is 0 Å². The van der Waals surface area contributed by atoms with E-state index in [1.54, 1.807) is 19.1 Å². The lowest BCUT2D eigenvalue weighted by Crippen LogP contribution is -2.24. The summed E-state index contributed by atoms with van der Waals surface area (Å²) >= 11 is 0. The number of carbonyl (C=O) groups excluding carboxylic acids is 2. The summed E-state index contributed by atoms with van der Waals surface area (Å²) in [5.41, 5.74) is 0.653. The Hall–Kier alpha value is -1.64. The van der Waals surface area contributed by atoms with E-state index in [2.05, 4.69) is 5.32 Å². The third-order valence-electron chi connectivity index (χ3n) is 2.03. The SMILES string of the molecule is CC(=O)CCCNC(=O)c1ccccc1. The van der Waals surface area contributed by atoms with Crippen molar-refractivity contribution in [3.8, 4) is 0 Å². The van der Waals surface area contributed by atoms with Crippen LogP contribution in [0.2, 0.25) is 0 Å². The molecule has 0 atom stereocenters. The van der Waals surface area contributed by atoms with Crippen molar-refractivity contribution in [2.24, 2.45) is 0 Å². The standard InChI is InChI=1S/C12H15NO2/c1-10(14)6-5-9-13-12(15)11-7-3-2-4-8-11/h2-4,7-8H,5-6,9H2,1H3,(H,13,15). The first-order valence-corrected chi connectivity index (χ1v) is 5.03. The summed E-state index contributed by atoms with van der Waals surface area (Å²) in [7, 11) is 0. The monoisotopic (exact) mass is 205 g/mol. The summed E-state index contributed by atoms with van der Waals surface area (Å²) in [6.07, 6.45) is 1.23. The van der Waals surface area contributed by atoms with Crippen LogP contribution < -0.4 is 5.32 Å². The van der Waals surface area contributed by atoms with Gasteiger partial charge in [-0.25, -0.2) is 0 Å². The first-order valence-electron chi connectivity index (χ1n) is 5.03. The highest BCUT2D eigenvalue weighted by Crippen LogP contribution is 1.98. The van der Waals surface area contributed by atoms with Crippen molar-refractivity contribution in [1.29, 1.82) is 0 Å². The molecule has 15 heavy (non-hydrogen) atoms. The van der Waals surface area contributed by atoms with Crippen LogP contribution in [0.25, 0.3) is 0 Å². The second-order valence-electron chi connectivity index (χ2n) is 3.43. The average Bonchev–Trinajstić information content (AvgIpc) is 2.25. The zero-order chi connectivity index (χ0) is 11.1. The van der Waals surface area contributed by atoms with E-state index >= 15 is 0 Å². The van der Waals surface area contributed by atoms with E-state index in [0.29, 0.717) is 24.9 Å². The highest BCUT2D eigenvalue weighted by atomic mass is 16.1. The molecule has 0 unspecified atom stereocenters. The molecule has 1 aromatic rings. The van der Waals surface area contributed by atoms with E-state index < -0.39 is 0 Å². The molecule has 0 aliphatic heterocycles. The number of carbonyl (C=O) groups is 2. The van der Waals surface area contributed by atoms with Gasteiger partial charge >= 0.3 is 0 Å². The van der Waals surface area contributed by atoms with Crippen LogP contribution in [0.3, 0.4) is 0 Å². The molecule has 0 aliphatic carbocycles. The molecule has 0 fully saturated rings. The van der Waals surface area contributed by atoms with E-state index in [4.69, 9.17) is 0 Å². The summed E-state index contributed by atoms with van der Waals surface area (Å²) < 4.78 is 0. The zero-order valence-electron chi connectivity index (χ0n) is 8.82. The molecule has 0 saturated heterocycles. The van der Waals surface area contributed by atoms with E-state index in [9.17, 15) is 9.59 Å². The van der Waals surface area contributed by atoms with Crippen LogP contribution in [0, 0.1) is 0 Å². The first-order chi connectivity index (χ1) is 7.20. The molecule has 0 heterocycles. The van der Waals surface area contributed by atoms with Crippen molar-refractivity contribution in [3.63, 3.8) is 0 Å². The van der Waals surface area contributed by atoms with Gasteiger partial charge in [-0.05, 0) is 25.5 Å². The second kappa shape index (κ2) is 5.96. The van der Waals surface area contributed by atoms with Gasteiger partial charge in [-0.1, -0.05) is 18.2 Å². The first kappa shape index (κ1) is 11.4. The fraction of sp³-hybridized carbons (Fsp3) is 0.333. The number of hydrogen-bond acceptors (Lipinski definition) is 2. The smallest absolute Gasteiger partial charge is 0.251 e. The number of rotatable bonds is 5. The third-order valence-corrected chi connectivity index (χ3v) is 2.03. The van der Waals surface area contributed by atoms with Gasteiger partial charge in [0, 0.05) is 18.5 Å². The normalized spacial score (nSPS) is 9.67. The van der Waals surface area contributed by atoms with Crippen LogP contribution in [0.15, 0.2) is 30.3 Å². The van der Waals surface area contributed by atoms with Crippen LogP contribution in [0.5, 0.6) is 0 Å².